The number of rotatable bonds is 2. The fraction of sp³-hybridized carbons (Fsp3) is 0.188. The molecule has 3 rings (SSSR count). The molecule has 3 nitrogen and oxygen atoms in total. The molecule has 0 atom stereocenters. The second kappa shape index (κ2) is 5.85. The zero-order valence-electron chi connectivity index (χ0n) is 11.2. The summed E-state index contributed by atoms with van der Waals surface area (Å²) in [6, 6.07) is 10.0. The molecular weight excluding hydrogens is 335 g/mol. The second-order valence-corrected chi connectivity index (χ2v) is 5.90. The number of fused-ring (bicyclic) bond motifs is 1. The number of anilines is 2. The molecule has 2 aromatic carbocycles. The lowest BCUT2D eigenvalue weighted by molar-refractivity contribution is 0.102. The molecule has 0 fully saturated rings. The Morgan fingerprint density at radius 2 is 2.10 bits per heavy atom. The Balaban J connectivity index is 1.83. The minimum atomic E-state index is -0.535. The van der Waals surface area contributed by atoms with Crippen LogP contribution in [0, 0.1) is 5.82 Å². The summed E-state index contributed by atoms with van der Waals surface area (Å²) in [7, 11) is 0. The number of benzene rings is 2. The third-order valence-corrected chi connectivity index (χ3v) is 3.97. The highest BCUT2D eigenvalue weighted by atomic mass is 79.9. The minimum absolute atomic E-state index is 0.0232. The predicted octanol–water partition coefficient (Wildman–Crippen LogP) is 4.20. The van der Waals surface area contributed by atoms with Gasteiger partial charge in [-0.25, -0.2) is 4.39 Å². The standard InChI is InChI=1S/C16H14BrFN2O/c17-11-4-6-14(18)13(8-11)16(21)20-12-5-3-10-2-1-7-19-15(10)9-12/h3-6,8-9,19H,1-2,7H2,(H,20,21). The van der Waals surface area contributed by atoms with E-state index >= 15 is 0 Å². The SMILES string of the molecule is O=C(Nc1ccc2c(c1)NCCC2)c1cc(Br)ccc1F. The molecule has 2 aromatic rings. The zero-order chi connectivity index (χ0) is 14.8. The van der Waals surface area contributed by atoms with Crippen LogP contribution in [-0.4, -0.2) is 12.5 Å². The maximum Gasteiger partial charge on any atom is 0.258 e. The molecule has 0 saturated carbocycles. The van der Waals surface area contributed by atoms with Gasteiger partial charge in [0.25, 0.3) is 5.91 Å². The van der Waals surface area contributed by atoms with Gasteiger partial charge in [0.05, 0.1) is 5.56 Å². The summed E-state index contributed by atoms with van der Waals surface area (Å²) >= 11 is 3.24. The summed E-state index contributed by atoms with van der Waals surface area (Å²) < 4.78 is 14.4. The molecule has 0 unspecified atom stereocenters. The van der Waals surface area contributed by atoms with Crippen molar-refractivity contribution in [1.82, 2.24) is 0 Å². The quantitative estimate of drug-likeness (QED) is 0.853. The van der Waals surface area contributed by atoms with Crippen LogP contribution in [0.15, 0.2) is 40.9 Å². The molecule has 0 bridgehead atoms. The third-order valence-electron chi connectivity index (χ3n) is 3.48. The van der Waals surface area contributed by atoms with E-state index in [1.54, 1.807) is 6.07 Å². The lowest BCUT2D eigenvalue weighted by Gasteiger charge is -2.19. The smallest absolute Gasteiger partial charge is 0.258 e. The molecule has 0 saturated heterocycles. The maximum atomic E-state index is 13.7. The molecule has 1 heterocycles. The van der Waals surface area contributed by atoms with Crippen LogP contribution in [-0.2, 0) is 6.42 Å². The summed E-state index contributed by atoms with van der Waals surface area (Å²) in [6.07, 6.45) is 2.15. The van der Waals surface area contributed by atoms with Crippen molar-refractivity contribution in [1.29, 1.82) is 0 Å². The van der Waals surface area contributed by atoms with Gasteiger partial charge in [0.1, 0.15) is 5.82 Å². The van der Waals surface area contributed by atoms with E-state index in [2.05, 4.69) is 26.6 Å². The monoisotopic (exact) mass is 348 g/mol. The summed E-state index contributed by atoms with van der Waals surface area (Å²) in [6.45, 7) is 0.935. The third kappa shape index (κ3) is 3.08. The van der Waals surface area contributed by atoms with Crippen molar-refractivity contribution < 1.29 is 9.18 Å². The minimum Gasteiger partial charge on any atom is -0.385 e. The second-order valence-electron chi connectivity index (χ2n) is 4.98. The van der Waals surface area contributed by atoms with E-state index in [9.17, 15) is 9.18 Å². The van der Waals surface area contributed by atoms with E-state index < -0.39 is 11.7 Å². The summed E-state index contributed by atoms with van der Waals surface area (Å²) in [5, 5.41) is 6.04. The van der Waals surface area contributed by atoms with Gasteiger partial charge in [0, 0.05) is 22.4 Å². The zero-order valence-corrected chi connectivity index (χ0v) is 12.8. The summed E-state index contributed by atoms with van der Waals surface area (Å²) in [5.74, 6) is -0.989. The molecule has 0 spiro atoms. The highest BCUT2D eigenvalue weighted by Crippen LogP contribution is 2.26. The van der Waals surface area contributed by atoms with E-state index in [1.165, 1.54) is 17.7 Å². The van der Waals surface area contributed by atoms with Gasteiger partial charge in [0.2, 0.25) is 0 Å². The van der Waals surface area contributed by atoms with Crippen LogP contribution >= 0.6 is 15.9 Å². The van der Waals surface area contributed by atoms with Gasteiger partial charge in [-0.3, -0.25) is 4.79 Å². The number of halogens is 2. The molecule has 0 aromatic heterocycles. The van der Waals surface area contributed by atoms with Crippen LogP contribution in [0.25, 0.3) is 0 Å². The van der Waals surface area contributed by atoms with E-state index in [0.717, 1.165) is 25.1 Å². The van der Waals surface area contributed by atoms with Gasteiger partial charge in [-0.15, -0.1) is 0 Å². The first kappa shape index (κ1) is 14.1. The Kier molecular flexibility index (Phi) is 3.92. The van der Waals surface area contributed by atoms with Crippen LogP contribution < -0.4 is 10.6 Å². The van der Waals surface area contributed by atoms with E-state index in [-0.39, 0.29) is 5.56 Å². The molecule has 1 amide bonds. The number of nitrogens with one attached hydrogen (secondary N) is 2. The molecule has 21 heavy (non-hydrogen) atoms. The van der Waals surface area contributed by atoms with Crippen molar-refractivity contribution >= 4 is 33.2 Å². The Morgan fingerprint density at radius 1 is 1.24 bits per heavy atom. The van der Waals surface area contributed by atoms with Crippen LogP contribution in [0.5, 0.6) is 0 Å². The molecule has 5 heteroatoms. The number of carbonyl (C=O) groups excluding carboxylic acids is 1. The Labute approximate surface area is 130 Å². The van der Waals surface area contributed by atoms with Crippen molar-refractivity contribution in [3.05, 3.63) is 57.8 Å². The van der Waals surface area contributed by atoms with Crippen LogP contribution in [0.3, 0.4) is 0 Å². The lowest BCUT2D eigenvalue weighted by Crippen LogP contribution is -2.15. The molecular formula is C16H14BrFN2O. The lowest BCUT2D eigenvalue weighted by atomic mass is 10.0. The number of hydrogen-bond donors (Lipinski definition) is 2. The molecule has 0 radical (unpaired) electrons. The van der Waals surface area contributed by atoms with Crippen LogP contribution in [0.1, 0.15) is 22.3 Å². The van der Waals surface area contributed by atoms with Gasteiger partial charge in [0.15, 0.2) is 0 Å². The molecule has 0 aliphatic carbocycles. The fourth-order valence-electron chi connectivity index (χ4n) is 2.41. The first-order chi connectivity index (χ1) is 10.1. The van der Waals surface area contributed by atoms with Crippen molar-refractivity contribution in [3.63, 3.8) is 0 Å². The summed E-state index contributed by atoms with van der Waals surface area (Å²) in [4.78, 5) is 12.2. The number of aryl methyl sites for hydroxylation is 1. The van der Waals surface area contributed by atoms with Crippen LogP contribution in [0.2, 0.25) is 0 Å². The molecule has 108 valence electrons. The number of hydrogen-bond acceptors (Lipinski definition) is 2. The van der Waals surface area contributed by atoms with Gasteiger partial charge in [-0.2, -0.15) is 0 Å². The molecule has 1 aliphatic heterocycles. The van der Waals surface area contributed by atoms with Crippen molar-refractivity contribution in [2.45, 2.75) is 12.8 Å². The Bertz CT molecular complexity index is 703. The van der Waals surface area contributed by atoms with Crippen molar-refractivity contribution in [2.24, 2.45) is 0 Å². The number of amides is 1. The Morgan fingerprint density at radius 3 is 2.95 bits per heavy atom. The van der Waals surface area contributed by atoms with Crippen molar-refractivity contribution in [3.8, 4) is 0 Å². The van der Waals surface area contributed by atoms with Crippen molar-refractivity contribution in [2.75, 3.05) is 17.2 Å². The van der Waals surface area contributed by atoms with Gasteiger partial charge < -0.3 is 10.6 Å². The first-order valence-electron chi connectivity index (χ1n) is 6.77. The first-order valence-corrected chi connectivity index (χ1v) is 7.56. The highest BCUT2D eigenvalue weighted by molar-refractivity contribution is 9.10. The van der Waals surface area contributed by atoms with Gasteiger partial charge in [-0.1, -0.05) is 22.0 Å². The maximum absolute atomic E-state index is 13.7. The normalized spacial score (nSPS) is 13.2. The summed E-state index contributed by atoms with van der Waals surface area (Å²) in [5.41, 5.74) is 2.96. The Hall–Kier alpha value is -1.88. The molecule has 2 N–H and O–H groups in total. The molecule has 1 aliphatic rings. The van der Waals surface area contributed by atoms with E-state index in [0.29, 0.717) is 10.2 Å². The average molecular weight is 349 g/mol. The fourth-order valence-corrected chi connectivity index (χ4v) is 2.77. The topological polar surface area (TPSA) is 41.1 Å². The highest BCUT2D eigenvalue weighted by Gasteiger charge is 2.14. The van der Waals surface area contributed by atoms with E-state index in [4.69, 9.17) is 0 Å². The van der Waals surface area contributed by atoms with Gasteiger partial charge in [-0.05, 0) is 48.7 Å². The predicted molar refractivity (Wildman–Crippen MR) is 85.3 cm³/mol. The van der Waals surface area contributed by atoms with Gasteiger partial charge >= 0.3 is 0 Å². The van der Waals surface area contributed by atoms with Crippen LogP contribution in [0.4, 0.5) is 15.8 Å². The van der Waals surface area contributed by atoms with E-state index in [1.807, 2.05) is 18.2 Å². The number of carbonyl (C=O) groups is 1. The largest absolute Gasteiger partial charge is 0.385 e. The average Bonchev–Trinajstić information content (AvgIpc) is 2.49.